The molecular weight excluding hydrogens is 302 g/mol. The van der Waals surface area contributed by atoms with E-state index in [1.807, 2.05) is 24.3 Å². The van der Waals surface area contributed by atoms with Gasteiger partial charge in [0.1, 0.15) is 12.4 Å². The van der Waals surface area contributed by atoms with Gasteiger partial charge >= 0.3 is 0 Å². The summed E-state index contributed by atoms with van der Waals surface area (Å²) in [6.07, 6.45) is 0.540. The molecule has 0 saturated carbocycles. The van der Waals surface area contributed by atoms with Crippen LogP contribution in [0, 0.1) is 0 Å². The van der Waals surface area contributed by atoms with Gasteiger partial charge in [-0.15, -0.1) is 0 Å². The van der Waals surface area contributed by atoms with Crippen LogP contribution in [0.4, 0.5) is 0 Å². The molecule has 0 aliphatic carbocycles. The van der Waals surface area contributed by atoms with Crippen molar-refractivity contribution in [1.29, 1.82) is 0 Å². The van der Waals surface area contributed by atoms with E-state index in [2.05, 4.69) is 5.32 Å². The van der Waals surface area contributed by atoms with Crippen LogP contribution in [-0.2, 0) is 6.61 Å². The monoisotopic (exact) mass is 319 g/mol. The molecule has 0 aromatic heterocycles. The maximum atomic E-state index is 11.9. The number of hydrogen-bond acceptors (Lipinski definition) is 3. The maximum Gasteiger partial charge on any atom is 0.251 e. The topological polar surface area (TPSA) is 58.6 Å². The standard InChI is InChI=1S/C17H18ClNO3/c18-15-7-5-13(6-8-15)12-22-16-4-1-3-14(11-16)17(21)19-9-2-10-20/h1,3-8,11,20H,2,9-10,12H2,(H,19,21). The van der Waals surface area contributed by atoms with Gasteiger partial charge in [-0.2, -0.15) is 0 Å². The molecule has 0 aliphatic rings. The van der Waals surface area contributed by atoms with Gasteiger partial charge in [-0.05, 0) is 42.3 Å². The van der Waals surface area contributed by atoms with Crippen LogP contribution in [0.25, 0.3) is 0 Å². The van der Waals surface area contributed by atoms with E-state index in [1.54, 1.807) is 24.3 Å². The summed E-state index contributed by atoms with van der Waals surface area (Å²) in [6.45, 7) is 0.919. The zero-order chi connectivity index (χ0) is 15.8. The Morgan fingerprint density at radius 3 is 2.68 bits per heavy atom. The first kappa shape index (κ1) is 16.3. The van der Waals surface area contributed by atoms with Crippen molar-refractivity contribution in [2.24, 2.45) is 0 Å². The SMILES string of the molecule is O=C(NCCCO)c1cccc(OCc2ccc(Cl)cc2)c1. The third kappa shape index (κ3) is 5.06. The zero-order valence-corrected chi connectivity index (χ0v) is 12.8. The number of rotatable bonds is 7. The minimum atomic E-state index is -0.176. The van der Waals surface area contributed by atoms with Gasteiger partial charge in [-0.25, -0.2) is 0 Å². The van der Waals surface area contributed by atoms with Crippen molar-refractivity contribution in [3.8, 4) is 5.75 Å². The number of carbonyl (C=O) groups is 1. The van der Waals surface area contributed by atoms with E-state index in [4.69, 9.17) is 21.4 Å². The molecule has 1 amide bonds. The highest BCUT2D eigenvalue weighted by atomic mass is 35.5. The van der Waals surface area contributed by atoms with Crippen molar-refractivity contribution < 1.29 is 14.6 Å². The minimum absolute atomic E-state index is 0.0600. The summed E-state index contributed by atoms with van der Waals surface area (Å²) in [7, 11) is 0. The molecule has 2 N–H and O–H groups in total. The lowest BCUT2D eigenvalue weighted by Gasteiger charge is -2.09. The summed E-state index contributed by atoms with van der Waals surface area (Å²) in [5, 5.41) is 12.1. The van der Waals surface area contributed by atoms with Crippen LogP contribution < -0.4 is 10.1 Å². The maximum absolute atomic E-state index is 11.9. The van der Waals surface area contributed by atoms with E-state index in [9.17, 15) is 4.79 Å². The number of nitrogens with one attached hydrogen (secondary N) is 1. The summed E-state index contributed by atoms with van der Waals surface area (Å²) in [6, 6.07) is 14.4. The highest BCUT2D eigenvalue weighted by Crippen LogP contribution is 2.16. The van der Waals surface area contributed by atoms with Crippen molar-refractivity contribution in [3.63, 3.8) is 0 Å². The van der Waals surface area contributed by atoms with E-state index in [-0.39, 0.29) is 12.5 Å². The minimum Gasteiger partial charge on any atom is -0.489 e. The normalized spacial score (nSPS) is 10.3. The summed E-state index contributed by atoms with van der Waals surface area (Å²) in [5.41, 5.74) is 1.54. The van der Waals surface area contributed by atoms with Gasteiger partial charge in [0.15, 0.2) is 0 Å². The number of aliphatic hydroxyl groups is 1. The molecule has 0 heterocycles. The van der Waals surface area contributed by atoms with Crippen molar-refractivity contribution in [3.05, 3.63) is 64.7 Å². The first-order valence-corrected chi connectivity index (χ1v) is 7.43. The van der Waals surface area contributed by atoms with Crippen molar-refractivity contribution in [2.45, 2.75) is 13.0 Å². The number of carbonyl (C=O) groups excluding carboxylic acids is 1. The van der Waals surface area contributed by atoms with Crippen molar-refractivity contribution >= 4 is 17.5 Å². The lowest BCUT2D eigenvalue weighted by atomic mass is 10.2. The molecule has 5 heteroatoms. The Hall–Kier alpha value is -2.04. The smallest absolute Gasteiger partial charge is 0.251 e. The van der Waals surface area contributed by atoms with Gasteiger partial charge in [0, 0.05) is 23.7 Å². The van der Waals surface area contributed by atoms with Crippen LogP contribution >= 0.6 is 11.6 Å². The Kier molecular flexibility index (Phi) is 6.25. The van der Waals surface area contributed by atoms with Crippen LogP contribution in [0.15, 0.2) is 48.5 Å². The second kappa shape index (κ2) is 8.41. The molecule has 22 heavy (non-hydrogen) atoms. The summed E-state index contributed by atoms with van der Waals surface area (Å²) in [5.74, 6) is 0.454. The van der Waals surface area contributed by atoms with Crippen LogP contribution in [0.2, 0.25) is 5.02 Å². The quantitative estimate of drug-likeness (QED) is 0.771. The molecule has 116 valence electrons. The van der Waals surface area contributed by atoms with Gasteiger partial charge in [0.2, 0.25) is 0 Å². The molecular formula is C17H18ClNO3. The van der Waals surface area contributed by atoms with Crippen molar-refractivity contribution in [1.82, 2.24) is 5.32 Å². The number of aliphatic hydroxyl groups excluding tert-OH is 1. The third-order valence-electron chi connectivity index (χ3n) is 3.04. The van der Waals surface area contributed by atoms with Crippen LogP contribution in [0.1, 0.15) is 22.3 Å². The highest BCUT2D eigenvalue weighted by molar-refractivity contribution is 6.30. The van der Waals surface area contributed by atoms with Crippen LogP contribution in [0.3, 0.4) is 0 Å². The zero-order valence-electron chi connectivity index (χ0n) is 12.1. The second-order valence-electron chi connectivity index (χ2n) is 4.78. The number of hydrogen-bond donors (Lipinski definition) is 2. The third-order valence-corrected chi connectivity index (χ3v) is 3.29. The van der Waals surface area contributed by atoms with E-state index in [0.29, 0.717) is 35.9 Å². The van der Waals surface area contributed by atoms with Gasteiger partial charge in [-0.1, -0.05) is 29.8 Å². The molecule has 0 aliphatic heterocycles. The largest absolute Gasteiger partial charge is 0.489 e. The molecule has 2 aromatic carbocycles. The molecule has 0 radical (unpaired) electrons. The Labute approximate surface area is 134 Å². The first-order valence-electron chi connectivity index (χ1n) is 7.05. The van der Waals surface area contributed by atoms with E-state index < -0.39 is 0 Å². The van der Waals surface area contributed by atoms with E-state index in [0.717, 1.165) is 5.56 Å². The Bertz CT molecular complexity index is 614. The number of amides is 1. The predicted molar refractivity (Wildman–Crippen MR) is 86.3 cm³/mol. The predicted octanol–water partition coefficient (Wildman–Crippen LogP) is 3.03. The van der Waals surface area contributed by atoms with Crippen LogP contribution in [-0.4, -0.2) is 24.2 Å². The molecule has 4 nitrogen and oxygen atoms in total. The fourth-order valence-electron chi connectivity index (χ4n) is 1.86. The van der Waals surface area contributed by atoms with Gasteiger partial charge in [0.25, 0.3) is 5.91 Å². The van der Waals surface area contributed by atoms with Crippen molar-refractivity contribution in [2.75, 3.05) is 13.2 Å². The molecule has 2 aromatic rings. The van der Waals surface area contributed by atoms with Gasteiger partial charge in [-0.3, -0.25) is 4.79 Å². The fraction of sp³-hybridized carbons (Fsp3) is 0.235. The summed E-state index contributed by atoms with van der Waals surface area (Å²) in [4.78, 5) is 11.9. The highest BCUT2D eigenvalue weighted by Gasteiger charge is 2.06. The summed E-state index contributed by atoms with van der Waals surface area (Å²) >= 11 is 5.84. The lowest BCUT2D eigenvalue weighted by molar-refractivity contribution is 0.0950. The first-order chi connectivity index (χ1) is 10.7. The summed E-state index contributed by atoms with van der Waals surface area (Å²) < 4.78 is 5.69. The molecule has 0 spiro atoms. The average Bonchev–Trinajstić information content (AvgIpc) is 2.55. The molecule has 0 atom stereocenters. The second-order valence-corrected chi connectivity index (χ2v) is 5.21. The molecule has 0 bridgehead atoms. The average molecular weight is 320 g/mol. The molecule has 0 saturated heterocycles. The number of halogens is 1. The van der Waals surface area contributed by atoms with Gasteiger partial charge in [0.05, 0.1) is 0 Å². The number of benzene rings is 2. The molecule has 0 unspecified atom stereocenters. The lowest BCUT2D eigenvalue weighted by Crippen LogP contribution is -2.24. The fourth-order valence-corrected chi connectivity index (χ4v) is 1.98. The van der Waals surface area contributed by atoms with Gasteiger partial charge < -0.3 is 15.2 Å². The Balaban J connectivity index is 1.93. The van der Waals surface area contributed by atoms with E-state index in [1.165, 1.54) is 0 Å². The molecule has 0 fully saturated rings. The van der Waals surface area contributed by atoms with Crippen LogP contribution in [0.5, 0.6) is 5.75 Å². The number of ether oxygens (including phenoxy) is 1. The van der Waals surface area contributed by atoms with E-state index >= 15 is 0 Å². The molecule has 2 rings (SSSR count). The Morgan fingerprint density at radius 2 is 1.95 bits per heavy atom. The Morgan fingerprint density at radius 1 is 1.18 bits per heavy atom.